The molecule has 0 fully saturated rings. The first-order chi connectivity index (χ1) is 7.26. The first-order valence-electron chi connectivity index (χ1n) is 5.38. The van der Waals surface area contributed by atoms with E-state index in [0.29, 0.717) is 6.42 Å². The van der Waals surface area contributed by atoms with Crippen LogP contribution in [0.15, 0.2) is 12.4 Å². The second kappa shape index (κ2) is 6.20. The zero-order valence-corrected chi connectivity index (χ0v) is 9.40. The van der Waals surface area contributed by atoms with E-state index in [9.17, 15) is 0 Å². The van der Waals surface area contributed by atoms with Gasteiger partial charge in [-0.15, -0.1) is 0 Å². The van der Waals surface area contributed by atoms with E-state index in [1.165, 1.54) is 5.56 Å². The maximum Gasteiger partial charge on any atom is 0.0638 e. The summed E-state index contributed by atoms with van der Waals surface area (Å²) in [5, 5.41) is 16.0. The van der Waals surface area contributed by atoms with Crippen molar-refractivity contribution in [2.24, 2.45) is 0 Å². The number of hydrogen-bond acceptors (Lipinski definition) is 3. The molecule has 0 aromatic carbocycles. The maximum atomic E-state index is 8.50. The lowest BCUT2D eigenvalue weighted by Gasteiger charge is -2.07. The van der Waals surface area contributed by atoms with Crippen LogP contribution in [0.5, 0.6) is 0 Å². The highest BCUT2D eigenvalue weighted by atomic mass is 15.3. The summed E-state index contributed by atoms with van der Waals surface area (Å²) in [6.45, 7) is 5.90. The molecule has 0 radical (unpaired) electrons. The van der Waals surface area contributed by atoms with Crippen LogP contribution in [0.1, 0.15) is 32.3 Å². The third-order valence-electron chi connectivity index (χ3n) is 2.19. The molecule has 1 unspecified atom stereocenters. The second-order valence-electron chi connectivity index (χ2n) is 3.76. The smallest absolute Gasteiger partial charge is 0.0638 e. The van der Waals surface area contributed by atoms with Gasteiger partial charge in [0.05, 0.1) is 18.7 Å². The van der Waals surface area contributed by atoms with E-state index >= 15 is 0 Å². The summed E-state index contributed by atoms with van der Waals surface area (Å²) in [4.78, 5) is 0. The maximum absolute atomic E-state index is 8.50. The Bertz CT molecular complexity index is 324. The SMILES string of the molecule is CCCn1cc(CNC(C)CC#N)cn1. The van der Waals surface area contributed by atoms with Crippen molar-refractivity contribution in [3.63, 3.8) is 0 Å². The summed E-state index contributed by atoms with van der Waals surface area (Å²) >= 11 is 0. The highest BCUT2D eigenvalue weighted by Crippen LogP contribution is 1.99. The molecule has 4 heteroatoms. The molecule has 4 nitrogen and oxygen atoms in total. The van der Waals surface area contributed by atoms with Gasteiger partial charge in [-0.05, 0) is 13.3 Å². The van der Waals surface area contributed by atoms with Gasteiger partial charge in [0.25, 0.3) is 0 Å². The highest BCUT2D eigenvalue weighted by Gasteiger charge is 2.02. The fourth-order valence-electron chi connectivity index (χ4n) is 1.35. The van der Waals surface area contributed by atoms with Crippen molar-refractivity contribution < 1.29 is 0 Å². The lowest BCUT2D eigenvalue weighted by molar-refractivity contribution is 0.556. The standard InChI is InChI=1S/C11H18N4/c1-3-6-15-9-11(8-14-15)7-13-10(2)4-5-12/h8-10,13H,3-4,6-7H2,1-2H3. The van der Waals surface area contributed by atoms with Crippen LogP contribution in [0.4, 0.5) is 0 Å². The number of nitrogens with one attached hydrogen (secondary N) is 1. The van der Waals surface area contributed by atoms with Gasteiger partial charge in [0.1, 0.15) is 0 Å². The number of rotatable bonds is 6. The quantitative estimate of drug-likeness (QED) is 0.770. The molecular weight excluding hydrogens is 188 g/mol. The molecule has 1 aromatic rings. The Kier molecular flexibility index (Phi) is 4.85. The number of aromatic nitrogens is 2. The normalized spacial score (nSPS) is 12.3. The Morgan fingerprint density at radius 3 is 3.13 bits per heavy atom. The predicted octanol–water partition coefficient (Wildman–Crippen LogP) is 1.68. The lowest BCUT2D eigenvalue weighted by Crippen LogP contribution is -2.24. The Morgan fingerprint density at radius 1 is 1.67 bits per heavy atom. The Hall–Kier alpha value is -1.34. The van der Waals surface area contributed by atoms with Crippen molar-refractivity contribution >= 4 is 0 Å². The van der Waals surface area contributed by atoms with Crippen LogP contribution in [0.2, 0.25) is 0 Å². The Morgan fingerprint density at radius 2 is 2.47 bits per heavy atom. The van der Waals surface area contributed by atoms with E-state index in [1.54, 1.807) is 0 Å². The molecule has 0 saturated heterocycles. The van der Waals surface area contributed by atoms with Gasteiger partial charge in [-0.3, -0.25) is 4.68 Å². The molecule has 1 atom stereocenters. The van der Waals surface area contributed by atoms with Crippen molar-refractivity contribution in [2.45, 2.75) is 45.8 Å². The molecule has 0 saturated carbocycles. The first kappa shape index (κ1) is 11.7. The molecule has 15 heavy (non-hydrogen) atoms. The molecule has 0 amide bonds. The molecule has 0 aliphatic rings. The molecule has 0 aliphatic carbocycles. The van der Waals surface area contributed by atoms with E-state index < -0.39 is 0 Å². The lowest BCUT2D eigenvalue weighted by atomic mass is 10.2. The summed E-state index contributed by atoms with van der Waals surface area (Å²) in [5.41, 5.74) is 1.17. The molecular formula is C11H18N4. The highest BCUT2D eigenvalue weighted by molar-refractivity contribution is 5.03. The van der Waals surface area contributed by atoms with Gasteiger partial charge >= 0.3 is 0 Å². The minimum absolute atomic E-state index is 0.240. The number of aryl methyl sites for hydroxylation is 1. The third-order valence-corrected chi connectivity index (χ3v) is 2.19. The van der Waals surface area contributed by atoms with E-state index in [0.717, 1.165) is 19.5 Å². The van der Waals surface area contributed by atoms with Gasteiger partial charge < -0.3 is 5.32 Å². The molecule has 82 valence electrons. The molecule has 1 aromatic heterocycles. The van der Waals surface area contributed by atoms with Crippen LogP contribution >= 0.6 is 0 Å². The molecule has 0 aliphatic heterocycles. The van der Waals surface area contributed by atoms with E-state index in [-0.39, 0.29) is 6.04 Å². The van der Waals surface area contributed by atoms with Crippen molar-refractivity contribution in [3.05, 3.63) is 18.0 Å². The monoisotopic (exact) mass is 206 g/mol. The Labute approximate surface area is 90.9 Å². The topological polar surface area (TPSA) is 53.6 Å². The van der Waals surface area contributed by atoms with Gasteiger partial charge in [0.2, 0.25) is 0 Å². The largest absolute Gasteiger partial charge is 0.309 e. The van der Waals surface area contributed by atoms with Gasteiger partial charge in [-0.1, -0.05) is 6.92 Å². The zero-order chi connectivity index (χ0) is 11.1. The fraction of sp³-hybridized carbons (Fsp3) is 0.636. The van der Waals surface area contributed by atoms with Crippen molar-refractivity contribution in [1.82, 2.24) is 15.1 Å². The molecule has 1 rings (SSSR count). The van der Waals surface area contributed by atoms with Crippen molar-refractivity contribution in [2.75, 3.05) is 0 Å². The molecule has 0 bridgehead atoms. The summed E-state index contributed by atoms with van der Waals surface area (Å²) in [5.74, 6) is 0. The average Bonchev–Trinajstić information content (AvgIpc) is 2.64. The van der Waals surface area contributed by atoms with Crippen molar-refractivity contribution in [3.8, 4) is 6.07 Å². The van der Waals surface area contributed by atoms with Crippen LogP contribution in [0, 0.1) is 11.3 Å². The van der Waals surface area contributed by atoms with Crippen LogP contribution in [0.25, 0.3) is 0 Å². The van der Waals surface area contributed by atoms with Crippen LogP contribution in [-0.2, 0) is 13.1 Å². The van der Waals surface area contributed by atoms with Gasteiger partial charge in [-0.2, -0.15) is 10.4 Å². The predicted molar refractivity (Wildman–Crippen MR) is 59.0 cm³/mol. The van der Waals surface area contributed by atoms with E-state index in [4.69, 9.17) is 5.26 Å². The summed E-state index contributed by atoms with van der Waals surface area (Å²) in [6, 6.07) is 2.39. The Balaban J connectivity index is 2.34. The van der Waals surface area contributed by atoms with E-state index in [2.05, 4.69) is 29.6 Å². The summed E-state index contributed by atoms with van der Waals surface area (Å²) in [7, 11) is 0. The number of hydrogen-bond donors (Lipinski definition) is 1. The summed E-state index contributed by atoms with van der Waals surface area (Å²) in [6.07, 6.45) is 5.57. The van der Waals surface area contributed by atoms with E-state index in [1.807, 2.05) is 17.8 Å². The first-order valence-corrected chi connectivity index (χ1v) is 5.38. The van der Waals surface area contributed by atoms with Crippen LogP contribution in [0.3, 0.4) is 0 Å². The second-order valence-corrected chi connectivity index (χ2v) is 3.76. The van der Waals surface area contributed by atoms with Crippen LogP contribution in [-0.4, -0.2) is 15.8 Å². The van der Waals surface area contributed by atoms with Crippen LogP contribution < -0.4 is 5.32 Å². The molecule has 1 N–H and O–H groups in total. The summed E-state index contributed by atoms with van der Waals surface area (Å²) < 4.78 is 1.95. The fourth-order valence-corrected chi connectivity index (χ4v) is 1.35. The zero-order valence-electron chi connectivity index (χ0n) is 9.40. The number of nitriles is 1. The number of nitrogens with zero attached hydrogens (tertiary/aromatic N) is 3. The molecule has 0 spiro atoms. The molecule has 1 heterocycles. The third kappa shape index (κ3) is 4.13. The minimum atomic E-state index is 0.240. The van der Waals surface area contributed by atoms with Crippen molar-refractivity contribution in [1.29, 1.82) is 5.26 Å². The van der Waals surface area contributed by atoms with Gasteiger partial charge in [0.15, 0.2) is 0 Å². The van der Waals surface area contributed by atoms with Gasteiger partial charge in [0, 0.05) is 30.9 Å². The minimum Gasteiger partial charge on any atom is -0.309 e. The van der Waals surface area contributed by atoms with Gasteiger partial charge in [-0.25, -0.2) is 0 Å². The average molecular weight is 206 g/mol.